The lowest BCUT2D eigenvalue weighted by Gasteiger charge is -2.13. The standard InChI is InChI=1S/C14H15N3O4/c1-8-11(12(15)21-17-8)14(19)20-9(2)13(18)16-10-6-4-3-5-7-10/h3-7,9H,15H2,1-2H3,(H,16,18)/t9-/m1/s1. The Morgan fingerprint density at radius 1 is 1.33 bits per heavy atom. The lowest BCUT2D eigenvalue weighted by molar-refractivity contribution is -0.123. The van der Waals surface area contributed by atoms with Crippen LogP contribution < -0.4 is 11.1 Å². The predicted molar refractivity (Wildman–Crippen MR) is 75.6 cm³/mol. The van der Waals surface area contributed by atoms with Gasteiger partial charge >= 0.3 is 5.97 Å². The van der Waals surface area contributed by atoms with Crippen LogP contribution in [0, 0.1) is 6.92 Å². The third-order valence-corrected chi connectivity index (χ3v) is 2.79. The quantitative estimate of drug-likeness (QED) is 0.830. The lowest BCUT2D eigenvalue weighted by Crippen LogP contribution is -2.30. The Hall–Kier alpha value is -2.83. The predicted octanol–water partition coefficient (Wildman–Crippen LogP) is 1.75. The van der Waals surface area contributed by atoms with Gasteiger partial charge in [0.2, 0.25) is 5.88 Å². The zero-order chi connectivity index (χ0) is 15.4. The molecule has 1 heterocycles. The Bertz CT molecular complexity index is 632. The minimum absolute atomic E-state index is 0.0364. The molecule has 0 aliphatic rings. The molecule has 1 amide bonds. The SMILES string of the molecule is Cc1noc(N)c1C(=O)O[C@H](C)C(=O)Nc1ccccc1. The summed E-state index contributed by atoms with van der Waals surface area (Å²) in [6.45, 7) is 3.03. The molecule has 1 aromatic heterocycles. The number of anilines is 2. The molecule has 0 aliphatic carbocycles. The molecule has 7 nitrogen and oxygen atoms in total. The van der Waals surface area contributed by atoms with Crippen LogP contribution in [0.3, 0.4) is 0 Å². The molecule has 2 aromatic rings. The number of hydrogen-bond acceptors (Lipinski definition) is 6. The van der Waals surface area contributed by atoms with E-state index in [9.17, 15) is 9.59 Å². The maximum Gasteiger partial charge on any atom is 0.346 e. The molecule has 0 fully saturated rings. The molecule has 0 unspecified atom stereocenters. The van der Waals surface area contributed by atoms with Gasteiger partial charge in [0.1, 0.15) is 5.56 Å². The van der Waals surface area contributed by atoms with Gasteiger partial charge in [0.15, 0.2) is 6.10 Å². The van der Waals surface area contributed by atoms with Crippen LogP contribution in [0.4, 0.5) is 11.6 Å². The number of benzene rings is 1. The van der Waals surface area contributed by atoms with Crippen LogP contribution in [0.15, 0.2) is 34.9 Å². The van der Waals surface area contributed by atoms with Gasteiger partial charge in [-0.2, -0.15) is 0 Å². The number of esters is 1. The average molecular weight is 289 g/mol. The zero-order valence-corrected chi connectivity index (χ0v) is 11.6. The zero-order valence-electron chi connectivity index (χ0n) is 11.6. The van der Waals surface area contributed by atoms with Gasteiger partial charge in [0, 0.05) is 5.69 Å². The molecule has 1 aromatic carbocycles. The summed E-state index contributed by atoms with van der Waals surface area (Å²) < 4.78 is 9.74. The summed E-state index contributed by atoms with van der Waals surface area (Å²) in [6.07, 6.45) is -0.980. The van der Waals surface area contributed by atoms with E-state index >= 15 is 0 Å². The second-order valence-corrected chi connectivity index (χ2v) is 4.41. The fraction of sp³-hybridized carbons (Fsp3) is 0.214. The van der Waals surface area contributed by atoms with Crippen molar-refractivity contribution >= 4 is 23.4 Å². The summed E-state index contributed by atoms with van der Waals surface area (Å²) in [4.78, 5) is 23.9. The number of ether oxygens (including phenoxy) is 1. The minimum Gasteiger partial charge on any atom is -0.449 e. The van der Waals surface area contributed by atoms with Gasteiger partial charge in [0.05, 0.1) is 5.69 Å². The van der Waals surface area contributed by atoms with E-state index in [4.69, 9.17) is 10.5 Å². The maximum absolute atomic E-state index is 11.9. The third kappa shape index (κ3) is 3.38. The molecule has 1 atom stereocenters. The highest BCUT2D eigenvalue weighted by molar-refractivity contribution is 5.99. The summed E-state index contributed by atoms with van der Waals surface area (Å²) in [6, 6.07) is 8.86. The van der Waals surface area contributed by atoms with Crippen molar-refractivity contribution in [1.29, 1.82) is 0 Å². The second-order valence-electron chi connectivity index (χ2n) is 4.41. The first-order chi connectivity index (χ1) is 9.99. The van der Waals surface area contributed by atoms with E-state index in [-0.39, 0.29) is 11.4 Å². The van der Waals surface area contributed by atoms with E-state index in [0.29, 0.717) is 11.4 Å². The van der Waals surface area contributed by atoms with E-state index in [0.717, 1.165) is 0 Å². The van der Waals surface area contributed by atoms with Crippen molar-refractivity contribution in [1.82, 2.24) is 5.16 Å². The number of aryl methyl sites for hydroxylation is 1. The highest BCUT2D eigenvalue weighted by Gasteiger charge is 2.24. The number of nitrogen functional groups attached to an aromatic ring is 1. The van der Waals surface area contributed by atoms with Gasteiger partial charge in [-0.15, -0.1) is 0 Å². The number of nitrogens with one attached hydrogen (secondary N) is 1. The largest absolute Gasteiger partial charge is 0.449 e. The Kier molecular flexibility index (Phi) is 4.22. The molecular weight excluding hydrogens is 274 g/mol. The molecule has 0 bridgehead atoms. The van der Waals surface area contributed by atoms with Crippen molar-refractivity contribution in [2.24, 2.45) is 0 Å². The number of para-hydroxylation sites is 1. The van der Waals surface area contributed by atoms with Crippen LogP contribution in [0.2, 0.25) is 0 Å². The van der Waals surface area contributed by atoms with Gasteiger partial charge in [-0.25, -0.2) is 4.79 Å². The van der Waals surface area contributed by atoms with E-state index in [1.807, 2.05) is 6.07 Å². The van der Waals surface area contributed by atoms with Crippen molar-refractivity contribution in [3.8, 4) is 0 Å². The van der Waals surface area contributed by atoms with Gasteiger partial charge in [-0.1, -0.05) is 23.4 Å². The molecule has 110 valence electrons. The summed E-state index contributed by atoms with van der Waals surface area (Å²) in [5, 5.41) is 6.19. The smallest absolute Gasteiger partial charge is 0.346 e. The van der Waals surface area contributed by atoms with Crippen molar-refractivity contribution in [3.63, 3.8) is 0 Å². The second kappa shape index (κ2) is 6.08. The average Bonchev–Trinajstić information content (AvgIpc) is 2.79. The Morgan fingerprint density at radius 2 is 2.00 bits per heavy atom. The van der Waals surface area contributed by atoms with Crippen LogP contribution in [0.25, 0.3) is 0 Å². The Labute approximate surface area is 121 Å². The molecule has 21 heavy (non-hydrogen) atoms. The molecule has 0 spiro atoms. The van der Waals surface area contributed by atoms with Crippen molar-refractivity contribution in [2.45, 2.75) is 20.0 Å². The fourth-order valence-electron chi connectivity index (χ4n) is 1.67. The first-order valence-electron chi connectivity index (χ1n) is 6.27. The minimum atomic E-state index is -0.980. The highest BCUT2D eigenvalue weighted by atomic mass is 16.5. The number of hydrogen-bond donors (Lipinski definition) is 2. The van der Waals surface area contributed by atoms with Crippen molar-refractivity contribution < 1.29 is 18.8 Å². The van der Waals surface area contributed by atoms with Gasteiger partial charge in [-0.3, -0.25) is 4.79 Å². The van der Waals surface area contributed by atoms with E-state index in [1.54, 1.807) is 31.2 Å². The number of carbonyl (C=O) groups excluding carboxylic acids is 2. The van der Waals surface area contributed by atoms with Crippen LogP contribution in [-0.4, -0.2) is 23.1 Å². The molecule has 0 radical (unpaired) electrons. The first kappa shape index (κ1) is 14.6. The van der Waals surface area contributed by atoms with Gasteiger partial charge in [0.25, 0.3) is 5.91 Å². The number of nitrogens with two attached hydrogens (primary N) is 1. The topological polar surface area (TPSA) is 107 Å². The van der Waals surface area contributed by atoms with Crippen LogP contribution in [0.5, 0.6) is 0 Å². The molecule has 7 heteroatoms. The maximum atomic E-state index is 11.9. The van der Waals surface area contributed by atoms with E-state index in [1.165, 1.54) is 6.92 Å². The highest BCUT2D eigenvalue weighted by Crippen LogP contribution is 2.17. The molecule has 0 saturated heterocycles. The van der Waals surface area contributed by atoms with Crippen molar-refractivity contribution in [2.75, 3.05) is 11.1 Å². The first-order valence-corrected chi connectivity index (χ1v) is 6.27. The number of amides is 1. The number of aromatic nitrogens is 1. The fourth-order valence-corrected chi connectivity index (χ4v) is 1.67. The summed E-state index contributed by atoms with van der Waals surface area (Å²) in [5.41, 5.74) is 6.45. The summed E-state index contributed by atoms with van der Waals surface area (Å²) in [5.74, 6) is -1.32. The van der Waals surface area contributed by atoms with E-state index in [2.05, 4.69) is 15.0 Å². The van der Waals surface area contributed by atoms with E-state index < -0.39 is 18.0 Å². The van der Waals surface area contributed by atoms with Crippen LogP contribution in [-0.2, 0) is 9.53 Å². The van der Waals surface area contributed by atoms with Crippen LogP contribution in [0.1, 0.15) is 23.0 Å². The van der Waals surface area contributed by atoms with Crippen molar-refractivity contribution in [3.05, 3.63) is 41.6 Å². The Morgan fingerprint density at radius 3 is 2.57 bits per heavy atom. The monoisotopic (exact) mass is 289 g/mol. The number of carbonyl (C=O) groups is 2. The number of rotatable bonds is 4. The number of nitrogens with zero attached hydrogens (tertiary/aromatic N) is 1. The molecule has 0 saturated carbocycles. The normalized spacial score (nSPS) is 11.7. The van der Waals surface area contributed by atoms with Crippen LogP contribution >= 0.6 is 0 Å². The molecule has 3 N–H and O–H groups in total. The lowest BCUT2D eigenvalue weighted by atomic mass is 10.2. The van der Waals surface area contributed by atoms with Gasteiger partial charge in [-0.05, 0) is 26.0 Å². The molecule has 2 rings (SSSR count). The third-order valence-electron chi connectivity index (χ3n) is 2.79. The summed E-state index contributed by atoms with van der Waals surface area (Å²) in [7, 11) is 0. The Balaban J connectivity index is 1.99. The molecule has 0 aliphatic heterocycles. The summed E-state index contributed by atoms with van der Waals surface area (Å²) >= 11 is 0. The molecular formula is C14H15N3O4. The van der Waals surface area contributed by atoms with Gasteiger partial charge < -0.3 is 20.3 Å².